The van der Waals surface area contributed by atoms with Crippen molar-refractivity contribution in [3.8, 4) is 11.3 Å². The van der Waals surface area contributed by atoms with Gasteiger partial charge in [0.1, 0.15) is 10.8 Å². The van der Waals surface area contributed by atoms with Gasteiger partial charge in [0.05, 0.1) is 5.69 Å². The maximum atomic E-state index is 13.9. The number of fused-ring (bicyclic) bond motifs is 2. The first-order valence-electron chi connectivity index (χ1n) is 10.1. The van der Waals surface area contributed by atoms with Crippen molar-refractivity contribution in [2.24, 2.45) is 0 Å². The highest BCUT2D eigenvalue weighted by molar-refractivity contribution is 6.37. The normalized spacial score (nSPS) is 13.9. The molecule has 0 N–H and O–H groups in total. The van der Waals surface area contributed by atoms with E-state index in [0.717, 1.165) is 30.2 Å². The largest absolute Gasteiger partial charge is 0.433 e. The molecule has 1 aliphatic rings. The van der Waals surface area contributed by atoms with Crippen molar-refractivity contribution < 1.29 is 22.4 Å². The molecule has 0 atom stereocenters. The van der Waals surface area contributed by atoms with Gasteiger partial charge in [0, 0.05) is 17.8 Å². The molecule has 2 aromatic heterocycles. The van der Waals surface area contributed by atoms with E-state index >= 15 is 0 Å². The number of alkyl halides is 3. The van der Waals surface area contributed by atoms with Crippen LogP contribution in [0.3, 0.4) is 0 Å². The van der Waals surface area contributed by atoms with Crippen molar-refractivity contribution in [3.63, 3.8) is 0 Å². The predicted molar refractivity (Wildman–Crippen MR) is 115 cm³/mol. The van der Waals surface area contributed by atoms with E-state index < -0.39 is 23.6 Å². The first-order chi connectivity index (χ1) is 15.7. The van der Waals surface area contributed by atoms with Crippen LogP contribution in [0.5, 0.6) is 0 Å². The van der Waals surface area contributed by atoms with Crippen molar-refractivity contribution >= 4 is 28.8 Å². The Hall–Kier alpha value is -3.46. The van der Waals surface area contributed by atoms with Crippen LogP contribution in [0.4, 0.5) is 23.2 Å². The number of carbonyl (C=O) groups is 1. The van der Waals surface area contributed by atoms with Crippen molar-refractivity contribution in [1.29, 1.82) is 0 Å². The van der Waals surface area contributed by atoms with Crippen molar-refractivity contribution in [2.45, 2.75) is 19.0 Å². The van der Waals surface area contributed by atoms with Crippen LogP contribution >= 0.6 is 11.6 Å². The fraction of sp³-hybridized carbons (Fsp3) is 0.174. The Labute approximate surface area is 190 Å². The quantitative estimate of drug-likeness (QED) is 0.345. The van der Waals surface area contributed by atoms with E-state index in [-0.39, 0.29) is 27.6 Å². The van der Waals surface area contributed by atoms with Gasteiger partial charge in [0.2, 0.25) is 0 Å². The first-order valence-corrected chi connectivity index (χ1v) is 10.4. The maximum absolute atomic E-state index is 13.9. The Kier molecular flexibility index (Phi) is 5.08. The molecule has 1 aliphatic heterocycles. The second-order valence-corrected chi connectivity index (χ2v) is 8.00. The minimum absolute atomic E-state index is 0.0704. The molecule has 0 spiro atoms. The predicted octanol–water partition coefficient (Wildman–Crippen LogP) is 5.80. The highest BCUT2D eigenvalue weighted by atomic mass is 35.5. The molecule has 0 saturated carbocycles. The number of halogens is 5. The van der Waals surface area contributed by atoms with Crippen molar-refractivity contribution in [2.75, 3.05) is 11.4 Å². The van der Waals surface area contributed by atoms with E-state index in [2.05, 4.69) is 10.1 Å². The summed E-state index contributed by atoms with van der Waals surface area (Å²) in [4.78, 5) is 19.0. The summed E-state index contributed by atoms with van der Waals surface area (Å²) in [6.45, 7) is 0.389. The van der Waals surface area contributed by atoms with Gasteiger partial charge in [-0.05, 0) is 54.8 Å². The standard InChI is InChI=1S/C23H15ClF4N4O/c24-19-20(22(33)31-11-3-5-14-4-1-2-6-17(14)31)30-32-18(23(26,27)28)12-16(29-21(19)32)13-7-9-15(25)10-8-13/h1-2,4,6-10,12H,3,5,11H2. The van der Waals surface area contributed by atoms with Gasteiger partial charge in [-0.25, -0.2) is 13.9 Å². The average molecular weight is 475 g/mol. The minimum atomic E-state index is -4.80. The fourth-order valence-corrected chi connectivity index (χ4v) is 4.21. The monoisotopic (exact) mass is 474 g/mol. The third kappa shape index (κ3) is 3.72. The summed E-state index contributed by atoms with van der Waals surface area (Å²) in [5, 5.41) is 3.65. The summed E-state index contributed by atoms with van der Waals surface area (Å²) in [5.41, 5.74) is 0.0647. The molecular formula is C23H15ClF4N4O. The van der Waals surface area contributed by atoms with Crippen LogP contribution in [0.1, 0.15) is 28.2 Å². The van der Waals surface area contributed by atoms with E-state index in [0.29, 0.717) is 23.2 Å². The number of carbonyl (C=O) groups excluding carboxylic acids is 1. The number of rotatable bonds is 2. The lowest BCUT2D eigenvalue weighted by Crippen LogP contribution is -2.35. The van der Waals surface area contributed by atoms with Gasteiger partial charge in [0.25, 0.3) is 5.91 Å². The Bertz CT molecular complexity index is 1380. The minimum Gasteiger partial charge on any atom is -0.307 e. The fourth-order valence-electron chi connectivity index (χ4n) is 3.97. The third-order valence-corrected chi connectivity index (χ3v) is 5.87. The Morgan fingerprint density at radius 1 is 1.06 bits per heavy atom. The van der Waals surface area contributed by atoms with Gasteiger partial charge in [-0.1, -0.05) is 29.8 Å². The number of aryl methyl sites for hydroxylation is 1. The summed E-state index contributed by atoms with van der Waals surface area (Å²) in [6.07, 6.45) is -3.31. The average Bonchev–Trinajstić information content (AvgIpc) is 3.14. The van der Waals surface area contributed by atoms with E-state index in [9.17, 15) is 22.4 Å². The number of hydrogen-bond donors (Lipinski definition) is 0. The number of aromatic nitrogens is 3. The highest BCUT2D eigenvalue weighted by Gasteiger charge is 2.37. The molecule has 0 saturated heterocycles. The van der Waals surface area contributed by atoms with Crippen LogP contribution in [-0.2, 0) is 12.6 Å². The molecule has 0 radical (unpaired) electrons. The second kappa shape index (κ2) is 7.84. The molecule has 5 rings (SSSR count). The van der Waals surface area contributed by atoms with E-state index in [4.69, 9.17) is 11.6 Å². The van der Waals surface area contributed by atoms with Gasteiger partial charge in [0.15, 0.2) is 17.0 Å². The number of para-hydroxylation sites is 1. The van der Waals surface area contributed by atoms with E-state index in [1.807, 2.05) is 12.1 Å². The molecule has 1 amide bonds. The molecule has 2 aromatic carbocycles. The van der Waals surface area contributed by atoms with Crippen molar-refractivity contribution in [3.05, 3.63) is 82.4 Å². The second-order valence-electron chi connectivity index (χ2n) is 7.62. The molecule has 0 unspecified atom stereocenters. The SMILES string of the molecule is O=C(c1nn2c(C(F)(F)F)cc(-c3ccc(F)cc3)nc2c1Cl)N1CCCc2ccccc21. The summed E-state index contributed by atoms with van der Waals surface area (Å²) >= 11 is 6.38. The molecule has 3 heterocycles. The van der Waals surface area contributed by atoms with E-state index in [1.54, 1.807) is 12.1 Å². The van der Waals surface area contributed by atoms with Crippen LogP contribution in [0.2, 0.25) is 5.02 Å². The number of amides is 1. The van der Waals surface area contributed by atoms with Crippen LogP contribution in [0.25, 0.3) is 16.9 Å². The Balaban J connectivity index is 1.67. The smallest absolute Gasteiger partial charge is 0.307 e. The maximum Gasteiger partial charge on any atom is 0.433 e. The molecule has 0 aliphatic carbocycles. The summed E-state index contributed by atoms with van der Waals surface area (Å²) < 4.78 is 55.5. The van der Waals surface area contributed by atoms with Crippen LogP contribution in [0, 0.1) is 5.82 Å². The molecular weight excluding hydrogens is 460 g/mol. The Morgan fingerprint density at radius 2 is 1.79 bits per heavy atom. The topological polar surface area (TPSA) is 50.5 Å². The zero-order valence-electron chi connectivity index (χ0n) is 16.9. The molecule has 0 fully saturated rings. The summed E-state index contributed by atoms with van der Waals surface area (Å²) in [5.74, 6) is -1.14. The van der Waals surface area contributed by atoms with Crippen LogP contribution < -0.4 is 4.90 Å². The Morgan fingerprint density at radius 3 is 2.52 bits per heavy atom. The zero-order valence-corrected chi connectivity index (χ0v) is 17.7. The van der Waals surface area contributed by atoms with Crippen molar-refractivity contribution in [1.82, 2.24) is 14.6 Å². The molecule has 33 heavy (non-hydrogen) atoms. The third-order valence-electron chi connectivity index (χ3n) is 5.52. The van der Waals surface area contributed by atoms with E-state index in [1.165, 1.54) is 17.0 Å². The molecule has 4 aromatic rings. The van der Waals surface area contributed by atoms with Gasteiger partial charge in [-0.3, -0.25) is 4.79 Å². The lowest BCUT2D eigenvalue weighted by Gasteiger charge is -2.28. The molecule has 5 nitrogen and oxygen atoms in total. The number of benzene rings is 2. The number of hydrogen-bond acceptors (Lipinski definition) is 3. The van der Waals surface area contributed by atoms with Crippen LogP contribution in [0.15, 0.2) is 54.6 Å². The summed E-state index contributed by atoms with van der Waals surface area (Å²) in [6, 6.07) is 13.0. The zero-order chi connectivity index (χ0) is 23.3. The lowest BCUT2D eigenvalue weighted by molar-refractivity contribution is -0.142. The summed E-state index contributed by atoms with van der Waals surface area (Å²) in [7, 11) is 0. The molecule has 10 heteroatoms. The number of anilines is 1. The molecule has 168 valence electrons. The van der Waals surface area contributed by atoms with Gasteiger partial charge < -0.3 is 4.90 Å². The number of nitrogens with zero attached hydrogens (tertiary/aromatic N) is 4. The highest BCUT2D eigenvalue weighted by Crippen LogP contribution is 2.36. The van der Waals surface area contributed by atoms with Gasteiger partial charge in [-0.15, -0.1) is 0 Å². The van der Waals surface area contributed by atoms with Crippen LogP contribution in [-0.4, -0.2) is 27.0 Å². The van der Waals surface area contributed by atoms with Gasteiger partial charge in [-0.2, -0.15) is 18.3 Å². The molecule has 0 bridgehead atoms. The lowest BCUT2D eigenvalue weighted by atomic mass is 10.0. The first kappa shape index (κ1) is 21.4. The van der Waals surface area contributed by atoms with Gasteiger partial charge >= 0.3 is 6.18 Å².